The molecular formula is F7K21O21Si7. The molecule has 21 nitrogen and oxygen atoms in total. The fourth-order valence-corrected chi connectivity index (χ4v) is 0. The van der Waals surface area contributed by atoms with Crippen molar-refractivity contribution < 1.29 is 1210 Å². The molecule has 0 aliphatic rings. The van der Waals surface area contributed by atoms with Gasteiger partial charge in [0.25, 0.3) is 0 Å². The first-order chi connectivity index (χ1) is 14.0. The fraction of sp³-hybridized carbons (Fsp3) is 0. The van der Waals surface area contributed by atoms with Gasteiger partial charge >= 0.3 is 1080 Å². The number of hydrogen-bond acceptors (Lipinski definition) is 21. The quantitative estimate of drug-likeness (QED) is 0.123. The van der Waals surface area contributed by atoms with Crippen molar-refractivity contribution >= 4 is 64.0 Å². The maximum Gasteiger partial charge on any atom is 1.00 e. The van der Waals surface area contributed by atoms with Crippen LogP contribution >= 0.6 is 0 Å². The molecule has 56 heavy (non-hydrogen) atoms. The van der Waals surface area contributed by atoms with E-state index in [1.807, 2.05) is 0 Å². The smallest absolute Gasteiger partial charge is 0.857 e. The van der Waals surface area contributed by atoms with Gasteiger partial charge in [-0.3, -0.25) is 0 Å². The standard InChI is InChI=1S/7FO3Si.21K/c7*1-5(2,3)4;;;;;;;;;;;;;;;;;;;;;/q7*-3;21*+1. The Balaban J connectivity index is -0.00000000591. The molecule has 0 saturated carbocycles. The summed E-state index contributed by atoms with van der Waals surface area (Å²) in [5, 5.41) is 0. The Hall–Kier alpha value is 34.6. The molecule has 0 unspecified atom stereocenters. The fourth-order valence-electron chi connectivity index (χ4n) is 0. The minimum atomic E-state index is -5.86. The Morgan fingerprint density at radius 3 is 0.125 bits per heavy atom. The van der Waals surface area contributed by atoms with Crippen molar-refractivity contribution in [2.24, 2.45) is 0 Å². The second-order valence-electron chi connectivity index (χ2n) is 3.37. The minimum absolute atomic E-state index is 0. The molecule has 0 heterocycles. The van der Waals surface area contributed by atoms with Crippen LogP contribution in [0, 0.1) is 0 Å². The molecule has 224 valence electrons. The van der Waals surface area contributed by atoms with Gasteiger partial charge in [-0.15, -0.1) is 0 Å². The molecule has 0 aliphatic carbocycles. The molecule has 0 amide bonds. The van der Waals surface area contributed by atoms with Gasteiger partial charge in [-0.25, -0.2) is 0 Å². The topological polar surface area (TPSA) is 484 Å². The summed E-state index contributed by atoms with van der Waals surface area (Å²) >= 11 is 0. The van der Waals surface area contributed by atoms with E-state index in [0.717, 1.165) is 0 Å². The summed E-state index contributed by atoms with van der Waals surface area (Å²) in [7, 11) is -41.0. The van der Waals surface area contributed by atoms with E-state index < -0.39 is 64.0 Å². The van der Waals surface area contributed by atoms with Crippen LogP contribution in [0.15, 0.2) is 0 Å². The number of halogens is 7. The van der Waals surface area contributed by atoms with Gasteiger partial charge in [-0.2, -0.15) is 0 Å². The third-order valence-corrected chi connectivity index (χ3v) is 0. The van der Waals surface area contributed by atoms with Crippen LogP contribution in [0.2, 0.25) is 0 Å². The van der Waals surface area contributed by atoms with Crippen molar-refractivity contribution in [3.05, 3.63) is 0 Å². The first-order valence-corrected chi connectivity index (χ1v) is 16.8. The third-order valence-electron chi connectivity index (χ3n) is 0. The third kappa shape index (κ3) is 569. The van der Waals surface area contributed by atoms with Gasteiger partial charge in [0, 0.05) is 0 Å². The van der Waals surface area contributed by atoms with E-state index in [4.69, 9.17) is 101 Å². The van der Waals surface area contributed by atoms with Crippen molar-refractivity contribution in [2.75, 3.05) is 0 Å². The SMILES string of the molecule is [K+].[K+].[K+].[K+].[K+].[K+].[K+].[K+].[K+].[K+].[K+].[K+].[K+].[K+].[K+].[K+].[K+].[K+].[K+].[K+].[K+].[O-][Si]([O-])([O-])F.[O-][Si]([O-])([O-])F.[O-][Si]([O-])([O-])F.[O-][Si]([O-])([O-])F.[O-][Si]([O-])([O-])F.[O-][Si]([O-])([O-])F.[O-][Si]([O-])([O-])F. The van der Waals surface area contributed by atoms with Gasteiger partial charge in [0.1, 0.15) is 0 Å². The van der Waals surface area contributed by atoms with E-state index in [0.29, 0.717) is 0 Å². The number of hydrogen-bond donors (Lipinski definition) is 0. The average molecular weight is 1490 g/mol. The molecule has 56 heteroatoms. The summed E-state index contributed by atoms with van der Waals surface area (Å²) in [6.07, 6.45) is 0. The predicted octanol–water partition coefficient (Wildman–Crippen LogP) is -87.6. The molecule has 0 saturated heterocycles. The van der Waals surface area contributed by atoms with Crippen LogP contribution in [0.25, 0.3) is 0 Å². The summed E-state index contributed by atoms with van der Waals surface area (Å²) < 4.78 is 71.1. The van der Waals surface area contributed by atoms with Gasteiger partial charge in [-0.05, 0) is 0 Å². The first-order valence-electron chi connectivity index (χ1n) is 5.61. The molecule has 0 aromatic rings. The Bertz CT molecular complexity index is 328. The van der Waals surface area contributed by atoms with Crippen molar-refractivity contribution in [2.45, 2.75) is 0 Å². The average Bonchev–Trinajstić information content (AvgIpc) is 2.06. The predicted molar refractivity (Wildman–Crippen MR) is 48.0 cm³/mol. The van der Waals surface area contributed by atoms with Crippen LogP contribution in [0.5, 0.6) is 0 Å². The molecule has 0 bridgehead atoms. The Morgan fingerprint density at radius 2 is 0.125 bits per heavy atom. The molecule has 0 spiro atoms. The van der Waals surface area contributed by atoms with E-state index in [1.165, 1.54) is 0 Å². The second kappa shape index (κ2) is 120. The molecule has 0 fully saturated rings. The molecular weight excluding hydrogens is 1490 g/mol. The van der Waals surface area contributed by atoms with Crippen LogP contribution in [0.3, 0.4) is 0 Å². The zero-order valence-electron chi connectivity index (χ0n) is 35.7. The zero-order chi connectivity index (χ0) is 31.5. The molecule has 0 atom stereocenters. The van der Waals surface area contributed by atoms with E-state index in [1.54, 1.807) is 0 Å². The maximum atomic E-state index is 10.2. The van der Waals surface area contributed by atoms with Gasteiger partial charge in [0.15, 0.2) is 0 Å². The van der Waals surface area contributed by atoms with Crippen molar-refractivity contribution in [3.63, 3.8) is 0 Å². The molecule has 0 aromatic carbocycles. The summed E-state index contributed by atoms with van der Waals surface area (Å²) in [4.78, 5) is 178. The Kier molecular flexibility index (Phi) is 397. The van der Waals surface area contributed by atoms with Crippen molar-refractivity contribution in [3.8, 4) is 0 Å². The maximum absolute atomic E-state index is 10.2. The van der Waals surface area contributed by atoms with E-state index >= 15 is 0 Å². The monoisotopic (exact) mass is 1480 g/mol. The van der Waals surface area contributed by atoms with Gasteiger partial charge in [-0.1, -0.05) is 64.0 Å². The number of rotatable bonds is 0. The minimum Gasteiger partial charge on any atom is -0.857 e. The van der Waals surface area contributed by atoms with Crippen LogP contribution < -0.4 is 1180 Å². The molecule has 0 N–H and O–H groups in total. The Morgan fingerprint density at radius 1 is 0.125 bits per heavy atom. The Labute approximate surface area is 1220 Å². The van der Waals surface area contributed by atoms with Crippen LogP contribution in [0.1, 0.15) is 0 Å². The van der Waals surface area contributed by atoms with Crippen LogP contribution in [-0.4, -0.2) is 64.0 Å². The molecule has 0 rings (SSSR count). The van der Waals surface area contributed by atoms with Crippen molar-refractivity contribution in [1.29, 1.82) is 0 Å². The van der Waals surface area contributed by atoms with Gasteiger partial charge in [0.2, 0.25) is 0 Å². The molecule has 0 aliphatic heterocycles. The zero-order valence-corrected chi connectivity index (χ0v) is 108. The summed E-state index contributed by atoms with van der Waals surface area (Å²) in [5.41, 5.74) is 0. The largest absolute Gasteiger partial charge is 1.00 e. The molecule has 0 radical (unpaired) electrons. The van der Waals surface area contributed by atoms with Gasteiger partial charge < -0.3 is 129 Å². The van der Waals surface area contributed by atoms with E-state index in [-0.39, 0.29) is 1080 Å². The second-order valence-corrected chi connectivity index (χ2v) is 10.1. The van der Waals surface area contributed by atoms with Crippen molar-refractivity contribution in [1.82, 2.24) is 0 Å². The summed E-state index contributed by atoms with van der Waals surface area (Å²) in [5.74, 6) is 0. The summed E-state index contributed by atoms with van der Waals surface area (Å²) in [6.45, 7) is 0. The van der Waals surface area contributed by atoms with Crippen LogP contribution in [0.4, 0.5) is 28.8 Å². The van der Waals surface area contributed by atoms with Gasteiger partial charge in [0.05, 0.1) is 0 Å². The van der Waals surface area contributed by atoms with Crippen LogP contribution in [-0.2, 0) is 0 Å². The first kappa shape index (κ1) is 186. The molecule has 0 aromatic heterocycles. The normalized spacial score (nSPS) is 7.50. The van der Waals surface area contributed by atoms with E-state index in [9.17, 15) is 28.8 Å². The van der Waals surface area contributed by atoms with E-state index in [2.05, 4.69) is 0 Å². The summed E-state index contributed by atoms with van der Waals surface area (Å²) in [6, 6.07) is 0.